The van der Waals surface area contributed by atoms with Crippen LogP contribution in [0.5, 0.6) is 0 Å². The number of hydrogen-bond acceptors (Lipinski definition) is 2. The second-order valence-electron chi connectivity index (χ2n) is 2.30. The van der Waals surface area contributed by atoms with Crippen LogP contribution in [0.15, 0.2) is 12.7 Å². The molecule has 0 fully saturated rings. The van der Waals surface area contributed by atoms with Crippen molar-refractivity contribution in [1.82, 2.24) is 0 Å². The van der Waals surface area contributed by atoms with E-state index in [-0.39, 0.29) is 60.9 Å². The number of hydrogen-bond donors (Lipinski definition) is 0. The minimum absolute atomic E-state index is 0. The molecular weight excluding hydrogens is 280 g/mol. The van der Waals surface area contributed by atoms with E-state index in [2.05, 4.69) is 6.58 Å². The smallest absolute Gasteiger partial charge is 0.140 e. The summed E-state index contributed by atoms with van der Waals surface area (Å²) in [5.74, 6) is -0.614. The molecule has 63 valence electrons. The number of rotatable bonds is 4. The van der Waals surface area contributed by atoms with Gasteiger partial charge in [0.15, 0.2) is 0 Å². The van der Waals surface area contributed by atoms with Gasteiger partial charge in [-0.3, -0.25) is 9.59 Å². The molecule has 0 bridgehead atoms. The fourth-order valence-electron chi connectivity index (χ4n) is 0.785. The van der Waals surface area contributed by atoms with Crippen LogP contribution in [0, 0.1) is 55.3 Å². The predicted molar refractivity (Wildman–Crippen MR) is 39.7 cm³/mol. The molecule has 1 radical (unpaired) electrons. The summed E-state index contributed by atoms with van der Waals surface area (Å²) in [6.07, 6.45) is 2.05. The van der Waals surface area contributed by atoms with E-state index in [1.54, 1.807) is 6.08 Å². The van der Waals surface area contributed by atoms with Crippen LogP contribution in [0.2, 0.25) is 0 Å². The zero-order valence-electron chi connectivity index (χ0n) is 6.76. The maximum Gasteiger partial charge on any atom is 0.140 e. The summed E-state index contributed by atoms with van der Waals surface area (Å²) in [6.45, 7) is 6.31. The minimum Gasteiger partial charge on any atom is -0.299 e. The molecule has 0 amide bonds. The summed E-state index contributed by atoms with van der Waals surface area (Å²) < 4.78 is 0. The summed E-state index contributed by atoms with van der Waals surface area (Å²) in [5.41, 5.74) is 0. The molecule has 0 aliphatic rings. The van der Waals surface area contributed by atoms with Crippen LogP contribution in [0.3, 0.4) is 0 Å². The largest absolute Gasteiger partial charge is 0.299 e. The Labute approximate surface area is 108 Å². The van der Waals surface area contributed by atoms with E-state index in [0.717, 1.165) is 0 Å². The molecule has 0 saturated heterocycles. The fourth-order valence-corrected chi connectivity index (χ4v) is 0.785. The maximum atomic E-state index is 10.7. The maximum absolute atomic E-state index is 10.7. The molecule has 0 spiro atoms. The van der Waals surface area contributed by atoms with Gasteiger partial charge >= 0.3 is 0 Å². The average Bonchev–Trinajstić information content (AvgIpc) is 1.81. The summed E-state index contributed by atoms with van der Waals surface area (Å²) >= 11 is 0. The summed E-state index contributed by atoms with van der Waals surface area (Å²) in [7, 11) is 0. The third-order valence-electron chi connectivity index (χ3n) is 1.38. The van der Waals surface area contributed by atoms with Gasteiger partial charge in [0.2, 0.25) is 0 Å². The number of Topliss-reactive ketones (excluding diaryl/α,β-unsaturated/α-hetero) is 2. The van der Waals surface area contributed by atoms with E-state index in [1.807, 2.05) is 0 Å². The van der Waals surface area contributed by atoms with Crippen molar-refractivity contribution in [3.05, 3.63) is 12.7 Å². The van der Waals surface area contributed by atoms with Crippen LogP contribution in [0.4, 0.5) is 0 Å². The van der Waals surface area contributed by atoms with E-state index in [0.29, 0.717) is 6.42 Å². The zero-order valence-corrected chi connectivity index (χ0v) is 9.19. The first-order valence-corrected chi connectivity index (χ1v) is 3.21. The molecule has 0 rings (SSSR count). The SMILES string of the molecule is C=CCC(C(C)=O)C(C)=O.[Eu]. The van der Waals surface area contributed by atoms with E-state index in [1.165, 1.54) is 13.8 Å². The van der Waals surface area contributed by atoms with E-state index in [4.69, 9.17) is 0 Å². The van der Waals surface area contributed by atoms with Gasteiger partial charge in [0, 0.05) is 49.4 Å². The summed E-state index contributed by atoms with van der Waals surface area (Å²) in [4.78, 5) is 21.4. The number of carbonyl (C=O) groups excluding carboxylic acids is 2. The number of ketones is 2. The van der Waals surface area contributed by atoms with Crippen LogP contribution < -0.4 is 0 Å². The number of carbonyl (C=O) groups is 2. The first-order chi connectivity index (χ1) is 4.59. The molecule has 0 N–H and O–H groups in total. The van der Waals surface area contributed by atoms with Crippen molar-refractivity contribution in [3.63, 3.8) is 0 Å². The topological polar surface area (TPSA) is 34.1 Å². The normalized spacial score (nSPS) is 8.64. The molecule has 0 atom stereocenters. The molecule has 0 aromatic carbocycles. The van der Waals surface area contributed by atoms with Crippen molar-refractivity contribution < 1.29 is 59.0 Å². The van der Waals surface area contributed by atoms with Gasteiger partial charge in [0.1, 0.15) is 11.6 Å². The molecule has 0 aliphatic heterocycles. The molecule has 0 aromatic rings. The van der Waals surface area contributed by atoms with Crippen molar-refractivity contribution in [2.24, 2.45) is 5.92 Å². The van der Waals surface area contributed by atoms with E-state index >= 15 is 0 Å². The second kappa shape index (κ2) is 7.32. The molecule has 0 heterocycles. The quantitative estimate of drug-likeness (QED) is 0.579. The van der Waals surface area contributed by atoms with Crippen molar-refractivity contribution in [2.45, 2.75) is 20.3 Å². The van der Waals surface area contributed by atoms with Crippen molar-refractivity contribution in [2.75, 3.05) is 0 Å². The Hall–Kier alpha value is 0.664. The molecule has 11 heavy (non-hydrogen) atoms. The van der Waals surface area contributed by atoms with Crippen molar-refractivity contribution >= 4 is 11.6 Å². The first kappa shape index (κ1) is 14.2. The molecule has 0 aromatic heterocycles. The fraction of sp³-hybridized carbons (Fsp3) is 0.500. The minimum atomic E-state index is -0.461. The van der Waals surface area contributed by atoms with E-state index < -0.39 is 5.92 Å². The van der Waals surface area contributed by atoms with Crippen LogP contribution in [-0.4, -0.2) is 11.6 Å². The van der Waals surface area contributed by atoms with Gasteiger partial charge in [-0.25, -0.2) is 0 Å². The molecule has 2 nitrogen and oxygen atoms in total. The third-order valence-corrected chi connectivity index (χ3v) is 1.38. The second-order valence-corrected chi connectivity index (χ2v) is 2.30. The Morgan fingerprint density at radius 2 is 1.73 bits per heavy atom. The monoisotopic (exact) mass is 293 g/mol. The van der Waals surface area contributed by atoms with Gasteiger partial charge in [0.05, 0.1) is 5.92 Å². The Morgan fingerprint density at radius 1 is 1.36 bits per heavy atom. The average molecular weight is 292 g/mol. The number of allylic oxidation sites excluding steroid dienone is 1. The van der Waals surface area contributed by atoms with Gasteiger partial charge in [-0.15, -0.1) is 6.58 Å². The Balaban J connectivity index is 0. The van der Waals surface area contributed by atoms with Gasteiger partial charge in [0.25, 0.3) is 0 Å². The Kier molecular flexibility index (Phi) is 9.45. The molecule has 3 heteroatoms. The van der Waals surface area contributed by atoms with Gasteiger partial charge in [-0.1, -0.05) is 6.08 Å². The molecule has 0 saturated carbocycles. The summed E-state index contributed by atoms with van der Waals surface area (Å²) in [6, 6.07) is 0. The van der Waals surface area contributed by atoms with Crippen LogP contribution in [0.1, 0.15) is 20.3 Å². The predicted octanol–water partition coefficient (Wildman–Crippen LogP) is 1.36. The van der Waals surface area contributed by atoms with Crippen LogP contribution >= 0.6 is 0 Å². The van der Waals surface area contributed by atoms with Crippen molar-refractivity contribution in [3.8, 4) is 0 Å². The van der Waals surface area contributed by atoms with Crippen LogP contribution in [-0.2, 0) is 9.59 Å². The molecular formula is C8H12EuO2. The molecule has 0 unspecified atom stereocenters. The Morgan fingerprint density at radius 3 is 1.82 bits per heavy atom. The van der Waals surface area contributed by atoms with E-state index in [9.17, 15) is 9.59 Å². The third kappa shape index (κ3) is 5.88. The molecule has 0 aliphatic carbocycles. The Bertz CT molecular complexity index is 149. The standard InChI is InChI=1S/C8H12O2.Eu/c1-4-5-8(6(2)9)7(3)10;/h4,8H,1,5H2,2-3H3;. The van der Waals surface area contributed by atoms with Gasteiger partial charge < -0.3 is 0 Å². The zero-order chi connectivity index (χ0) is 8.15. The van der Waals surface area contributed by atoms with Gasteiger partial charge in [-0.05, 0) is 20.3 Å². The van der Waals surface area contributed by atoms with Crippen molar-refractivity contribution in [1.29, 1.82) is 0 Å². The van der Waals surface area contributed by atoms with Crippen LogP contribution in [0.25, 0.3) is 0 Å². The first-order valence-electron chi connectivity index (χ1n) is 3.21. The van der Waals surface area contributed by atoms with Gasteiger partial charge in [-0.2, -0.15) is 0 Å². The summed E-state index contributed by atoms with van der Waals surface area (Å²) in [5, 5.41) is 0.